The Morgan fingerprint density at radius 2 is 1.93 bits per heavy atom. The van der Waals surface area contributed by atoms with Crippen LogP contribution in [-0.4, -0.2) is 54.7 Å². The van der Waals surface area contributed by atoms with Crippen molar-refractivity contribution in [3.8, 4) is 0 Å². The number of halogens is 1. The minimum atomic E-state index is -0.417. The fourth-order valence-electron chi connectivity index (χ4n) is 5.21. The normalized spacial score (nSPS) is 15.9. The molecule has 1 aromatic heterocycles. The molecule has 2 unspecified atom stereocenters. The average Bonchev–Trinajstić information content (AvgIpc) is 2.99. The van der Waals surface area contributed by atoms with Gasteiger partial charge in [0.1, 0.15) is 11.7 Å². The summed E-state index contributed by atoms with van der Waals surface area (Å²) in [5, 5.41) is 6.94. The molecule has 1 aliphatic heterocycles. The molecule has 0 fully saturated rings. The molecule has 1 aromatic carbocycles. The van der Waals surface area contributed by atoms with Crippen LogP contribution in [0.5, 0.6) is 0 Å². The average molecular weight is 577 g/mol. The number of benzene rings is 1. The Hall–Kier alpha value is -3.91. The molecular formula is C32H41ClN6O2. The van der Waals surface area contributed by atoms with Gasteiger partial charge in [-0.2, -0.15) is 0 Å². The topological polar surface area (TPSA) is 89.9 Å². The highest BCUT2D eigenvalue weighted by Crippen LogP contribution is 2.37. The lowest BCUT2D eigenvalue weighted by Gasteiger charge is -2.38. The van der Waals surface area contributed by atoms with Gasteiger partial charge in [0, 0.05) is 48.7 Å². The summed E-state index contributed by atoms with van der Waals surface area (Å²) in [6, 6.07) is 9.49. The van der Waals surface area contributed by atoms with Crippen LogP contribution < -0.4 is 15.5 Å². The summed E-state index contributed by atoms with van der Waals surface area (Å²) in [5.41, 5.74) is 5.40. The highest BCUT2D eigenvalue weighted by atomic mass is 35.5. The number of carbonyl (C=O) groups excluding carboxylic acids is 2. The molecule has 2 heterocycles. The third kappa shape index (κ3) is 7.06. The number of aryl methyl sites for hydroxylation is 3. The van der Waals surface area contributed by atoms with E-state index >= 15 is 0 Å². The van der Waals surface area contributed by atoms with Crippen LogP contribution in [0.25, 0.3) is 0 Å². The summed E-state index contributed by atoms with van der Waals surface area (Å²) in [6.45, 7) is 13.1. The third-order valence-corrected chi connectivity index (χ3v) is 7.66. The van der Waals surface area contributed by atoms with Crippen molar-refractivity contribution in [3.63, 3.8) is 0 Å². The zero-order chi connectivity index (χ0) is 29.9. The molecule has 2 amide bonds. The molecule has 0 saturated heterocycles. The quantitative estimate of drug-likeness (QED) is 0.140. The SMILES string of the molecule is C=CCCN(C(=NC)C1=C(N(C=O)c2c(CC)cccc2CC)NC(c2cccnc2C)C(Cl)=C1)C(C)CNC=O. The fourth-order valence-corrected chi connectivity index (χ4v) is 5.49. The van der Waals surface area contributed by atoms with Gasteiger partial charge in [0.2, 0.25) is 12.8 Å². The Kier molecular flexibility index (Phi) is 11.7. The maximum absolute atomic E-state index is 13.1. The zero-order valence-electron chi connectivity index (χ0n) is 24.7. The van der Waals surface area contributed by atoms with Crippen LogP contribution in [0, 0.1) is 6.92 Å². The molecule has 0 aliphatic carbocycles. The summed E-state index contributed by atoms with van der Waals surface area (Å²) >= 11 is 7.01. The number of aromatic nitrogens is 1. The Morgan fingerprint density at radius 3 is 2.49 bits per heavy atom. The predicted molar refractivity (Wildman–Crippen MR) is 168 cm³/mol. The van der Waals surface area contributed by atoms with Crippen molar-refractivity contribution in [1.82, 2.24) is 20.5 Å². The van der Waals surface area contributed by atoms with E-state index in [2.05, 4.69) is 53.1 Å². The smallest absolute Gasteiger partial charge is 0.219 e. The van der Waals surface area contributed by atoms with Gasteiger partial charge in [0.25, 0.3) is 0 Å². The van der Waals surface area contributed by atoms with Gasteiger partial charge in [0.15, 0.2) is 0 Å². The number of rotatable bonds is 14. The lowest BCUT2D eigenvalue weighted by atomic mass is 9.97. The first-order chi connectivity index (χ1) is 19.9. The number of amides is 2. The summed E-state index contributed by atoms with van der Waals surface area (Å²) in [7, 11) is 1.72. The third-order valence-electron chi connectivity index (χ3n) is 7.33. The summed E-state index contributed by atoms with van der Waals surface area (Å²) < 4.78 is 0. The van der Waals surface area contributed by atoms with Gasteiger partial charge in [-0.3, -0.25) is 24.5 Å². The largest absolute Gasteiger partial charge is 0.359 e. The van der Waals surface area contributed by atoms with E-state index < -0.39 is 6.04 Å². The first-order valence-electron chi connectivity index (χ1n) is 14.0. The highest BCUT2D eigenvalue weighted by molar-refractivity contribution is 6.31. The van der Waals surface area contributed by atoms with Crippen molar-refractivity contribution in [2.24, 2.45) is 4.99 Å². The monoisotopic (exact) mass is 576 g/mol. The summed E-state index contributed by atoms with van der Waals surface area (Å²) in [5.74, 6) is 1.22. The number of amidine groups is 1. The molecule has 41 heavy (non-hydrogen) atoms. The second-order valence-corrected chi connectivity index (χ2v) is 10.3. The number of pyridine rings is 1. The van der Waals surface area contributed by atoms with E-state index in [1.54, 1.807) is 18.1 Å². The molecule has 2 aromatic rings. The first kappa shape index (κ1) is 31.6. The summed E-state index contributed by atoms with van der Waals surface area (Å²) in [4.78, 5) is 37.2. The van der Waals surface area contributed by atoms with E-state index in [9.17, 15) is 9.59 Å². The number of anilines is 1. The minimum absolute atomic E-state index is 0.100. The Labute approximate surface area is 248 Å². The lowest BCUT2D eigenvalue weighted by Crippen LogP contribution is -2.47. The summed E-state index contributed by atoms with van der Waals surface area (Å²) in [6.07, 6.45) is 9.25. The lowest BCUT2D eigenvalue weighted by molar-refractivity contribution is -0.109. The van der Waals surface area contributed by atoms with Crippen molar-refractivity contribution in [3.05, 3.63) is 94.1 Å². The van der Waals surface area contributed by atoms with Crippen molar-refractivity contribution < 1.29 is 9.59 Å². The van der Waals surface area contributed by atoms with E-state index in [1.807, 2.05) is 44.2 Å². The first-order valence-corrected chi connectivity index (χ1v) is 14.4. The van der Waals surface area contributed by atoms with Crippen molar-refractivity contribution >= 4 is 35.9 Å². The Bertz CT molecular complexity index is 1310. The molecule has 2 N–H and O–H groups in total. The maximum atomic E-state index is 13.1. The predicted octanol–water partition coefficient (Wildman–Crippen LogP) is 5.20. The van der Waals surface area contributed by atoms with Gasteiger partial charge >= 0.3 is 0 Å². The highest BCUT2D eigenvalue weighted by Gasteiger charge is 2.33. The van der Waals surface area contributed by atoms with Crippen LogP contribution in [0.15, 0.2) is 76.7 Å². The number of para-hydroxylation sites is 1. The number of nitrogens with zero attached hydrogens (tertiary/aromatic N) is 4. The molecule has 3 rings (SSSR count). The van der Waals surface area contributed by atoms with E-state index in [4.69, 9.17) is 16.6 Å². The molecule has 0 radical (unpaired) electrons. The number of aliphatic imine (C=N–C) groups is 1. The van der Waals surface area contributed by atoms with Crippen molar-refractivity contribution in [2.75, 3.05) is 25.0 Å². The number of hydrogen-bond donors (Lipinski definition) is 2. The molecule has 1 aliphatic rings. The molecule has 2 atom stereocenters. The van der Waals surface area contributed by atoms with Crippen molar-refractivity contribution in [2.45, 2.75) is 59.0 Å². The maximum Gasteiger partial charge on any atom is 0.219 e. The number of nitrogens with one attached hydrogen (secondary N) is 2. The van der Waals surface area contributed by atoms with Gasteiger partial charge in [-0.05, 0) is 56.4 Å². The molecule has 0 bridgehead atoms. The van der Waals surface area contributed by atoms with Crippen LogP contribution in [-0.2, 0) is 22.4 Å². The standard InChI is InChI=1S/C32H41ClN6O2/c1-7-10-17-38(22(4)19-35-20-40)31(34-6)27-18-28(33)29(26-15-12-16-36-23(26)5)37-32(27)39(21-41)30-24(8-2)13-11-14-25(30)9-3/h7,11-16,18,20-22,29,37H,1,8-10,17,19H2,2-6H3,(H,35,40). The minimum Gasteiger partial charge on any atom is -0.359 e. The van der Waals surface area contributed by atoms with Crippen molar-refractivity contribution in [1.29, 1.82) is 0 Å². The molecule has 0 saturated carbocycles. The Balaban J connectivity index is 2.31. The molecular weight excluding hydrogens is 536 g/mol. The molecule has 8 nitrogen and oxygen atoms in total. The van der Waals surface area contributed by atoms with E-state index in [0.717, 1.165) is 47.3 Å². The molecule has 0 spiro atoms. The van der Waals surface area contributed by atoms with Crippen LogP contribution in [0.3, 0.4) is 0 Å². The van der Waals surface area contributed by atoms with E-state index in [0.29, 0.717) is 48.2 Å². The number of hydrogen-bond acceptors (Lipinski definition) is 5. The van der Waals surface area contributed by atoms with Crippen LogP contribution in [0.2, 0.25) is 0 Å². The van der Waals surface area contributed by atoms with Gasteiger partial charge in [0.05, 0.1) is 17.3 Å². The number of dihydropyridines is 1. The number of carbonyl (C=O) groups is 2. The Morgan fingerprint density at radius 1 is 1.22 bits per heavy atom. The van der Waals surface area contributed by atoms with Gasteiger partial charge in [-0.15, -0.1) is 6.58 Å². The second-order valence-electron chi connectivity index (χ2n) is 9.85. The van der Waals surface area contributed by atoms with Gasteiger partial charge in [-0.1, -0.05) is 55.8 Å². The van der Waals surface area contributed by atoms with Crippen LogP contribution >= 0.6 is 11.6 Å². The van der Waals surface area contributed by atoms with Gasteiger partial charge < -0.3 is 15.5 Å². The second kappa shape index (κ2) is 15.2. The van der Waals surface area contributed by atoms with Crippen LogP contribution in [0.4, 0.5) is 5.69 Å². The molecule has 9 heteroatoms. The van der Waals surface area contributed by atoms with E-state index in [1.165, 1.54) is 0 Å². The van der Waals surface area contributed by atoms with Crippen LogP contribution in [0.1, 0.15) is 55.6 Å². The van der Waals surface area contributed by atoms with E-state index in [-0.39, 0.29) is 6.04 Å². The molecule has 218 valence electrons. The zero-order valence-corrected chi connectivity index (χ0v) is 25.4. The fraction of sp³-hybridized carbons (Fsp3) is 0.375. The van der Waals surface area contributed by atoms with Gasteiger partial charge in [-0.25, -0.2) is 0 Å².